The molecular formula is C16H22N4O2. The predicted molar refractivity (Wildman–Crippen MR) is 84.7 cm³/mol. The Bertz CT molecular complexity index is 563. The van der Waals surface area contributed by atoms with Crippen molar-refractivity contribution in [1.29, 1.82) is 0 Å². The van der Waals surface area contributed by atoms with Crippen LogP contribution in [0, 0.1) is 0 Å². The number of ether oxygens (including phenoxy) is 2. The molecule has 2 rings (SSSR count). The largest absolute Gasteiger partial charge is 0.478 e. The Hall–Kier alpha value is -2.21. The lowest BCUT2D eigenvalue weighted by Gasteiger charge is -2.10. The van der Waals surface area contributed by atoms with Crippen LogP contribution in [-0.4, -0.2) is 28.7 Å². The molecule has 0 aliphatic carbocycles. The predicted octanol–water partition coefficient (Wildman–Crippen LogP) is 2.81. The van der Waals surface area contributed by atoms with Gasteiger partial charge in [0.1, 0.15) is 12.4 Å². The molecule has 0 saturated heterocycles. The summed E-state index contributed by atoms with van der Waals surface area (Å²) in [5.74, 6) is 1.91. The zero-order valence-electron chi connectivity index (χ0n) is 13.1. The van der Waals surface area contributed by atoms with Crippen LogP contribution in [0.4, 0.5) is 5.82 Å². The Morgan fingerprint density at radius 1 is 1.18 bits per heavy atom. The van der Waals surface area contributed by atoms with Crippen molar-refractivity contribution >= 4 is 5.82 Å². The quantitative estimate of drug-likeness (QED) is 0.718. The molecule has 0 amide bonds. The van der Waals surface area contributed by atoms with E-state index in [1.807, 2.05) is 18.2 Å². The summed E-state index contributed by atoms with van der Waals surface area (Å²) in [4.78, 5) is 12.8. The summed E-state index contributed by atoms with van der Waals surface area (Å²) < 4.78 is 10.8. The SMILES string of the molecule is CCCCOc1cc(NCc2ccncc2)nc(COC)n1. The van der Waals surface area contributed by atoms with E-state index >= 15 is 0 Å². The fourth-order valence-electron chi connectivity index (χ4n) is 1.85. The third-order valence-corrected chi connectivity index (χ3v) is 2.99. The minimum Gasteiger partial charge on any atom is -0.478 e. The Morgan fingerprint density at radius 2 is 2.00 bits per heavy atom. The highest BCUT2D eigenvalue weighted by Crippen LogP contribution is 2.15. The van der Waals surface area contributed by atoms with Crippen molar-refractivity contribution in [2.24, 2.45) is 0 Å². The van der Waals surface area contributed by atoms with Gasteiger partial charge in [0, 0.05) is 32.1 Å². The highest BCUT2D eigenvalue weighted by Gasteiger charge is 2.06. The molecule has 0 aliphatic heterocycles. The molecule has 118 valence electrons. The first-order valence-corrected chi connectivity index (χ1v) is 7.44. The lowest BCUT2D eigenvalue weighted by Crippen LogP contribution is -2.08. The van der Waals surface area contributed by atoms with E-state index in [-0.39, 0.29) is 0 Å². The van der Waals surface area contributed by atoms with Crippen LogP contribution in [0.3, 0.4) is 0 Å². The van der Waals surface area contributed by atoms with Crippen LogP contribution in [0.15, 0.2) is 30.6 Å². The standard InChI is InChI=1S/C16H22N4O2/c1-3-4-9-22-16-10-14(19-15(20-16)12-21-2)18-11-13-5-7-17-8-6-13/h5-8,10H,3-4,9,11-12H2,1-2H3,(H,18,19,20). The van der Waals surface area contributed by atoms with Gasteiger partial charge in [-0.2, -0.15) is 4.98 Å². The van der Waals surface area contributed by atoms with Crippen LogP contribution in [0.25, 0.3) is 0 Å². The maximum atomic E-state index is 5.67. The van der Waals surface area contributed by atoms with Gasteiger partial charge in [0.15, 0.2) is 5.82 Å². The summed E-state index contributed by atoms with van der Waals surface area (Å²) >= 11 is 0. The highest BCUT2D eigenvalue weighted by molar-refractivity contribution is 5.39. The van der Waals surface area contributed by atoms with E-state index in [2.05, 4.69) is 27.2 Å². The molecule has 0 bridgehead atoms. The zero-order chi connectivity index (χ0) is 15.6. The van der Waals surface area contributed by atoms with Crippen molar-refractivity contribution in [2.45, 2.75) is 32.9 Å². The van der Waals surface area contributed by atoms with Crippen molar-refractivity contribution in [1.82, 2.24) is 15.0 Å². The molecular weight excluding hydrogens is 280 g/mol. The maximum absolute atomic E-state index is 5.67. The average molecular weight is 302 g/mol. The number of rotatable bonds is 9. The van der Waals surface area contributed by atoms with Crippen molar-refractivity contribution in [2.75, 3.05) is 19.0 Å². The number of anilines is 1. The van der Waals surface area contributed by atoms with E-state index in [0.29, 0.717) is 31.5 Å². The Morgan fingerprint density at radius 3 is 2.73 bits per heavy atom. The first kappa shape index (κ1) is 16.2. The van der Waals surface area contributed by atoms with Crippen LogP contribution in [0.5, 0.6) is 5.88 Å². The summed E-state index contributed by atoms with van der Waals surface area (Å²) in [7, 11) is 1.62. The van der Waals surface area contributed by atoms with E-state index < -0.39 is 0 Å². The van der Waals surface area contributed by atoms with Gasteiger partial charge in [-0.15, -0.1) is 0 Å². The zero-order valence-corrected chi connectivity index (χ0v) is 13.1. The highest BCUT2D eigenvalue weighted by atomic mass is 16.5. The van der Waals surface area contributed by atoms with Gasteiger partial charge in [-0.05, 0) is 24.1 Å². The average Bonchev–Trinajstić information content (AvgIpc) is 2.54. The Kier molecular flexibility index (Phi) is 6.57. The minimum absolute atomic E-state index is 0.356. The van der Waals surface area contributed by atoms with Crippen LogP contribution in [-0.2, 0) is 17.9 Å². The second-order valence-electron chi connectivity index (χ2n) is 4.85. The molecule has 0 saturated carbocycles. The molecule has 2 aromatic heterocycles. The summed E-state index contributed by atoms with van der Waals surface area (Å²) in [6.07, 6.45) is 5.63. The first-order valence-electron chi connectivity index (χ1n) is 7.44. The van der Waals surface area contributed by atoms with Gasteiger partial charge in [-0.1, -0.05) is 13.3 Å². The van der Waals surface area contributed by atoms with E-state index in [0.717, 1.165) is 24.2 Å². The number of unbranched alkanes of at least 4 members (excludes halogenated alkanes) is 1. The number of pyridine rings is 1. The molecule has 0 radical (unpaired) electrons. The van der Waals surface area contributed by atoms with E-state index in [1.54, 1.807) is 19.5 Å². The van der Waals surface area contributed by atoms with Gasteiger partial charge < -0.3 is 14.8 Å². The lowest BCUT2D eigenvalue weighted by molar-refractivity contribution is 0.176. The third kappa shape index (κ3) is 5.29. The molecule has 0 spiro atoms. The second kappa shape index (κ2) is 8.94. The molecule has 0 fully saturated rings. The van der Waals surface area contributed by atoms with Gasteiger partial charge in [0.05, 0.1) is 6.61 Å². The second-order valence-corrected chi connectivity index (χ2v) is 4.85. The fraction of sp³-hybridized carbons (Fsp3) is 0.438. The normalized spacial score (nSPS) is 10.5. The maximum Gasteiger partial charge on any atom is 0.218 e. The van der Waals surface area contributed by atoms with Gasteiger partial charge in [0.25, 0.3) is 0 Å². The molecule has 6 heteroatoms. The van der Waals surface area contributed by atoms with Crippen molar-refractivity contribution in [3.05, 3.63) is 42.0 Å². The summed E-state index contributed by atoms with van der Waals surface area (Å²) in [5, 5.41) is 3.28. The van der Waals surface area contributed by atoms with Crippen LogP contribution >= 0.6 is 0 Å². The van der Waals surface area contributed by atoms with Crippen molar-refractivity contribution in [3.8, 4) is 5.88 Å². The topological polar surface area (TPSA) is 69.2 Å². The summed E-state index contributed by atoms with van der Waals surface area (Å²) in [6.45, 7) is 3.81. The van der Waals surface area contributed by atoms with Crippen molar-refractivity contribution in [3.63, 3.8) is 0 Å². The molecule has 0 unspecified atom stereocenters. The van der Waals surface area contributed by atoms with Crippen LogP contribution in [0.2, 0.25) is 0 Å². The summed E-state index contributed by atoms with van der Waals surface area (Å²) in [6, 6.07) is 5.74. The van der Waals surface area contributed by atoms with Crippen molar-refractivity contribution < 1.29 is 9.47 Å². The van der Waals surface area contributed by atoms with Crippen LogP contribution < -0.4 is 10.1 Å². The molecule has 0 aromatic carbocycles. The number of hydrogen-bond donors (Lipinski definition) is 1. The monoisotopic (exact) mass is 302 g/mol. The number of hydrogen-bond acceptors (Lipinski definition) is 6. The molecule has 0 atom stereocenters. The van der Waals surface area contributed by atoms with Crippen LogP contribution in [0.1, 0.15) is 31.2 Å². The number of nitrogens with zero attached hydrogens (tertiary/aromatic N) is 3. The molecule has 1 N–H and O–H groups in total. The molecule has 2 heterocycles. The van der Waals surface area contributed by atoms with E-state index in [9.17, 15) is 0 Å². The van der Waals surface area contributed by atoms with Gasteiger partial charge >= 0.3 is 0 Å². The van der Waals surface area contributed by atoms with Gasteiger partial charge in [-0.25, -0.2) is 4.98 Å². The smallest absolute Gasteiger partial charge is 0.218 e. The minimum atomic E-state index is 0.356. The molecule has 2 aromatic rings. The summed E-state index contributed by atoms with van der Waals surface area (Å²) in [5.41, 5.74) is 1.13. The molecule has 0 aliphatic rings. The van der Waals surface area contributed by atoms with E-state index in [1.165, 1.54) is 0 Å². The molecule has 22 heavy (non-hydrogen) atoms. The Balaban J connectivity index is 2.04. The van der Waals surface area contributed by atoms with Gasteiger partial charge in [-0.3, -0.25) is 4.98 Å². The third-order valence-electron chi connectivity index (χ3n) is 2.99. The first-order chi connectivity index (χ1) is 10.8. The fourth-order valence-corrected chi connectivity index (χ4v) is 1.85. The number of aromatic nitrogens is 3. The molecule has 6 nitrogen and oxygen atoms in total. The van der Waals surface area contributed by atoms with E-state index in [4.69, 9.17) is 9.47 Å². The lowest BCUT2D eigenvalue weighted by atomic mass is 10.3. The van der Waals surface area contributed by atoms with Gasteiger partial charge in [0.2, 0.25) is 5.88 Å². The number of methoxy groups -OCH3 is 1. The number of nitrogens with one attached hydrogen (secondary N) is 1. The Labute approximate surface area is 130 Å².